The highest BCUT2D eigenvalue weighted by Gasteiger charge is 2.12. The van der Waals surface area contributed by atoms with Gasteiger partial charge in [-0.25, -0.2) is 0 Å². The zero-order valence-corrected chi connectivity index (χ0v) is 10.9. The summed E-state index contributed by atoms with van der Waals surface area (Å²) in [4.78, 5) is 21.9. The highest BCUT2D eigenvalue weighted by molar-refractivity contribution is 9.10. The Kier molecular flexibility index (Phi) is 3.05. The first-order chi connectivity index (χ1) is 7.49. The molecule has 0 aliphatic carbocycles. The Hall–Kier alpha value is -0.850. The number of nitrogens with zero attached hydrogens (tertiary/aromatic N) is 1. The fraction of sp³-hybridized carbons (Fsp3) is 0.111. The van der Waals surface area contributed by atoms with Crippen LogP contribution in [0, 0.1) is 0 Å². The summed E-state index contributed by atoms with van der Waals surface area (Å²) in [6.45, 7) is -0.350. The summed E-state index contributed by atoms with van der Waals surface area (Å²) in [6, 6.07) is 3.30. The van der Waals surface area contributed by atoms with Gasteiger partial charge in [-0.15, -0.1) is 0 Å². The van der Waals surface area contributed by atoms with Crippen LogP contribution in [-0.4, -0.2) is 15.6 Å². The van der Waals surface area contributed by atoms with Crippen LogP contribution < -0.4 is 4.87 Å². The molecule has 0 fully saturated rings. The van der Waals surface area contributed by atoms with E-state index in [1.54, 1.807) is 12.1 Å². The van der Waals surface area contributed by atoms with Gasteiger partial charge in [-0.3, -0.25) is 14.2 Å². The van der Waals surface area contributed by atoms with Gasteiger partial charge in [-0.05, 0) is 28.1 Å². The van der Waals surface area contributed by atoms with E-state index in [0.29, 0.717) is 19.7 Å². The van der Waals surface area contributed by atoms with Crippen molar-refractivity contribution in [1.82, 2.24) is 4.57 Å². The highest BCUT2D eigenvalue weighted by Crippen LogP contribution is 2.29. The van der Waals surface area contributed by atoms with E-state index in [1.165, 1.54) is 4.57 Å². The lowest BCUT2D eigenvalue weighted by atomic mass is 10.3. The van der Waals surface area contributed by atoms with Crippen molar-refractivity contribution < 1.29 is 9.90 Å². The van der Waals surface area contributed by atoms with Gasteiger partial charge < -0.3 is 5.11 Å². The molecule has 0 saturated heterocycles. The van der Waals surface area contributed by atoms with Crippen molar-refractivity contribution >= 4 is 55.1 Å². The van der Waals surface area contributed by atoms with Crippen LogP contribution in [0.4, 0.5) is 0 Å². The van der Waals surface area contributed by atoms with Gasteiger partial charge in [-0.2, -0.15) is 0 Å². The molecule has 1 heterocycles. The summed E-state index contributed by atoms with van der Waals surface area (Å²) < 4.78 is 2.59. The first-order valence-electron chi connectivity index (χ1n) is 4.19. The predicted molar refractivity (Wildman–Crippen MR) is 66.4 cm³/mol. The molecule has 0 aliphatic heterocycles. The van der Waals surface area contributed by atoms with E-state index in [-0.39, 0.29) is 11.4 Å². The van der Waals surface area contributed by atoms with Crippen LogP contribution in [0.15, 0.2) is 21.4 Å². The van der Waals surface area contributed by atoms with E-state index in [4.69, 9.17) is 16.7 Å². The standard InChI is InChI=1S/C9H5BrClNO3S/c10-4-1-7-6(2-5(4)11)12(3-8(13)14)9(15)16-7/h1-2H,3H2,(H,13,14). The average Bonchev–Trinajstić information content (AvgIpc) is 2.45. The molecule has 7 heteroatoms. The molecular weight excluding hydrogens is 318 g/mol. The van der Waals surface area contributed by atoms with Gasteiger partial charge in [0.25, 0.3) is 0 Å². The highest BCUT2D eigenvalue weighted by atomic mass is 79.9. The van der Waals surface area contributed by atoms with Gasteiger partial charge in [0.15, 0.2) is 0 Å². The molecule has 84 valence electrons. The quantitative estimate of drug-likeness (QED) is 0.924. The van der Waals surface area contributed by atoms with Crippen LogP contribution in [0.25, 0.3) is 10.2 Å². The van der Waals surface area contributed by atoms with Crippen molar-refractivity contribution in [1.29, 1.82) is 0 Å². The molecule has 1 aromatic heterocycles. The number of carboxylic acid groups (broad SMARTS) is 1. The number of rotatable bonds is 2. The topological polar surface area (TPSA) is 59.3 Å². The van der Waals surface area contributed by atoms with Crippen LogP contribution in [0.3, 0.4) is 0 Å². The molecule has 0 atom stereocenters. The molecule has 1 N–H and O–H groups in total. The number of hydrogen-bond acceptors (Lipinski definition) is 3. The molecule has 16 heavy (non-hydrogen) atoms. The number of carboxylic acids is 1. The van der Waals surface area contributed by atoms with Crippen molar-refractivity contribution in [2.45, 2.75) is 6.54 Å². The number of fused-ring (bicyclic) bond motifs is 1. The minimum absolute atomic E-state index is 0.299. The Morgan fingerprint density at radius 1 is 1.56 bits per heavy atom. The Balaban J connectivity index is 2.74. The van der Waals surface area contributed by atoms with Crippen LogP contribution in [0.5, 0.6) is 0 Å². The van der Waals surface area contributed by atoms with Crippen molar-refractivity contribution in [2.75, 3.05) is 0 Å². The van der Waals surface area contributed by atoms with Crippen molar-refractivity contribution in [3.8, 4) is 0 Å². The van der Waals surface area contributed by atoms with Crippen molar-refractivity contribution in [2.24, 2.45) is 0 Å². The lowest BCUT2D eigenvalue weighted by Gasteiger charge is -2.00. The molecule has 0 saturated carbocycles. The Morgan fingerprint density at radius 2 is 2.25 bits per heavy atom. The second-order valence-electron chi connectivity index (χ2n) is 3.08. The molecule has 2 rings (SSSR count). The second-order valence-corrected chi connectivity index (χ2v) is 5.34. The molecule has 0 bridgehead atoms. The number of aliphatic carboxylic acids is 1. The van der Waals surface area contributed by atoms with Crippen molar-refractivity contribution in [3.05, 3.63) is 31.3 Å². The zero-order chi connectivity index (χ0) is 11.9. The average molecular weight is 323 g/mol. The summed E-state index contributed by atoms with van der Waals surface area (Å²) in [7, 11) is 0. The summed E-state index contributed by atoms with van der Waals surface area (Å²) in [6.07, 6.45) is 0. The molecule has 0 spiro atoms. The molecule has 1 aromatic carbocycles. The Labute approximate surface area is 107 Å². The fourth-order valence-electron chi connectivity index (χ4n) is 1.34. The maximum atomic E-state index is 11.6. The minimum atomic E-state index is -1.05. The molecular formula is C9H5BrClNO3S. The third-order valence-electron chi connectivity index (χ3n) is 2.00. The molecule has 2 aromatic rings. The molecule has 0 radical (unpaired) electrons. The maximum Gasteiger partial charge on any atom is 0.323 e. The van der Waals surface area contributed by atoms with Crippen LogP contribution in [0.2, 0.25) is 5.02 Å². The lowest BCUT2D eigenvalue weighted by Crippen LogP contribution is -2.18. The number of benzene rings is 1. The summed E-state index contributed by atoms with van der Waals surface area (Å²) in [5.74, 6) is -1.05. The van der Waals surface area contributed by atoms with Crippen molar-refractivity contribution in [3.63, 3.8) is 0 Å². The fourth-order valence-corrected chi connectivity index (χ4v) is 2.91. The third kappa shape index (κ3) is 2.00. The van der Waals surface area contributed by atoms with E-state index in [1.807, 2.05) is 0 Å². The minimum Gasteiger partial charge on any atom is -0.480 e. The third-order valence-corrected chi connectivity index (χ3v) is 4.14. The predicted octanol–water partition coefficient (Wildman–Crippen LogP) is 2.56. The normalized spacial score (nSPS) is 10.9. The number of halogens is 2. The summed E-state index contributed by atoms with van der Waals surface area (Å²) >= 11 is 10.1. The van der Waals surface area contributed by atoms with Gasteiger partial charge in [-0.1, -0.05) is 22.9 Å². The maximum absolute atomic E-state index is 11.6. The Morgan fingerprint density at radius 3 is 2.88 bits per heavy atom. The van der Waals surface area contributed by atoms with Gasteiger partial charge in [0.05, 0.1) is 15.2 Å². The van der Waals surface area contributed by atoms with Crippen LogP contribution in [-0.2, 0) is 11.3 Å². The van der Waals surface area contributed by atoms with Crippen LogP contribution in [0.1, 0.15) is 0 Å². The van der Waals surface area contributed by atoms with E-state index in [9.17, 15) is 9.59 Å². The van der Waals surface area contributed by atoms with Gasteiger partial charge >= 0.3 is 10.8 Å². The van der Waals surface area contributed by atoms with Gasteiger partial charge in [0.2, 0.25) is 0 Å². The smallest absolute Gasteiger partial charge is 0.323 e. The Bertz CT molecular complexity index is 633. The monoisotopic (exact) mass is 321 g/mol. The largest absolute Gasteiger partial charge is 0.480 e. The van der Waals surface area contributed by atoms with Gasteiger partial charge in [0, 0.05) is 4.47 Å². The summed E-state index contributed by atoms with van der Waals surface area (Å²) in [5.41, 5.74) is 0.547. The van der Waals surface area contributed by atoms with E-state index in [2.05, 4.69) is 15.9 Å². The number of hydrogen-bond donors (Lipinski definition) is 1. The van der Waals surface area contributed by atoms with E-state index < -0.39 is 5.97 Å². The van der Waals surface area contributed by atoms with Gasteiger partial charge in [0.1, 0.15) is 6.54 Å². The number of thiazole rings is 1. The second kappa shape index (κ2) is 4.20. The molecule has 0 amide bonds. The SMILES string of the molecule is O=C(O)Cn1c(=O)sc2cc(Br)c(Cl)cc21. The zero-order valence-electron chi connectivity index (χ0n) is 7.74. The lowest BCUT2D eigenvalue weighted by molar-refractivity contribution is -0.137. The summed E-state index contributed by atoms with van der Waals surface area (Å²) in [5, 5.41) is 9.14. The molecule has 0 aliphatic rings. The number of aromatic nitrogens is 1. The molecule has 0 unspecified atom stereocenters. The first kappa shape index (κ1) is 11.6. The number of carbonyl (C=O) groups is 1. The van der Waals surface area contributed by atoms with Crippen LogP contribution >= 0.6 is 38.9 Å². The van der Waals surface area contributed by atoms with E-state index in [0.717, 1.165) is 11.3 Å². The molecule has 4 nitrogen and oxygen atoms in total. The first-order valence-corrected chi connectivity index (χ1v) is 6.18. The van der Waals surface area contributed by atoms with E-state index >= 15 is 0 Å².